The summed E-state index contributed by atoms with van der Waals surface area (Å²) in [6, 6.07) is 10.2. The van der Waals surface area contributed by atoms with Crippen molar-refractivity contribution >= 4 is 38.2 Å². The van der Waals surface area contributed by atoms with Crippen LogP contribution >= 0.6 is 15.9 Å². The van der Waals surface area contributed by atoms with Gasteiger partial charge < -0.3 is 11.1 Å². The molecule has 0 aliphatic rings. The smallest absolute Gasteiger partial charge is 0.0752 e. The molecule has 5 heteroatoms. The summed E-state index contributed by atoms with van der Waals surface area (Å²) in [5.74, 6) is 0. The average molecular weight is 329 g/mol. The third-order valence-electron chi connectivity index (χ3n) is 3.10. The highest BCUT2D eigenvalue weighted by molar-refractivity contribution is 9.10. The van der Waals surface area contributed by atoms with Gasteiger partial charge in [-0.1, -0.05) is 24.3 Å². The number of nitrogens with one attached hydrogen (secondary N) is 1. The highest BCUT2D eigenvalue weighted by atomic mass is 79.9. The Balaban J connectivity index is 1.91. The molecule has 3 aromatic rings. The van der Waals surface area contributed by atoms with Gasteiger partial charge in [-0.05, 0) is 27.6 Å². The lowest BCUT2D eigenvalue weighted by Crippen LogP contribution is -2.04. The first-order valence-electron chi connectivity index (χ1n) is 6.21. The molecule has 1 aromatic carbocycles. The minimum absolute atomic E-state index is 0.618. The highest BCUT2D eigenvalue weighted by Crippen LogP contribution is 2.28. The van der Waals surface area contributed by atoms with Crippen molar-refractivity contribution < 1.29 is 0 Å². The molecule has 0 spiro atoms. The fraction of sp³-hybridized carbons (Fsp3) is 0.0667. The fourth-order valence-electron chi connectivity index (χ4n) is 2.13. The number of hydrogen-bond acceptors (Lipinski definition) is 4. The molecule has 0 saturated carbocycles. The lowest BCUT2D eigenvalue weighted by Gasteiger charge is -2.12. The van der Waals surface area contributed by atoms with Gasteiger partial charge in [-0.25, -0.2) is 0 Å². The zero-order valence-corrected chi connectivity index (χ0v) is 12.3. The van der Waals surface area contributed by atoms with Crippen molar-refractivity contribution in [2.24, 2.45) is 0 Å². The average Bonchev–Trinajstić information content (AvgIpc) is 2.47. The minimum Gasteiger partial charge on any atom is -0.396 e. The molecule has 0 saturated heterocycles. The Morgan fingerprint density at radius 2 is 2.00 bits per heavy atom. The molecule has 0 amide bonds. The Bertz CT molecular complexity index is 732. The van der Waals surface area contributed by atoms with E-state index in [0.29, 0.717) is 12.2 Å². The maximum absolute atomic E-state index is 5.93. The van der Waals surface area contributed by atoms with Crippen LogP contribution in [0.5, 0.6) is 0 Å². The van der Waals surface area contributed by atoms with Crippen molar-refractivity contribution in [3.05, 3.63) is 59.0 Å². The summed E-state index contributed by atoms with van der Waals surface area (Å²) in [6.07, 6.45) is 5.16. The van der Waals surface area contributed by atoms with Crippen LogP contribution in [0.2, 0.25) is 0 Å². The second-order valence-electron chi connectivity index (χ2n) is 4.43. The quantitative estimate of drug-likeness (QED) is 0.771. The topological polar surface area (TPSA) is 63.8 Å². The van der Waals surface area contributed by atoms with Crippen molar-refractivity contribution in [1.82, 2.24) is 9.97 Å². The van der Waals surface area contributed by atoms with Crippen LogP contribution in [0.4, 0.5) is 11.4 Å². The fourth-order valence-corrected chi connectivity index (χ4v) is 2.62. The minimum atomic E-state index is 0.618. The van der Waals surface area contributed by atoms with Crippen molar-refractivity contribution in [3.63, 3.8) is 0 Å². The predicted molar refractivity (Wildman–Crippen MR) is 85.4 cm³/mol. The first kappa shape index (κ1) is 12.9. The van der Waals surface area contributed by atoms with Gasteiger partial charge in [-0.15, -0.1) is 0 Å². The van der Waals surface area contributed by atoms with Gasteiger partial charge in [0.1, 0.15) is 0 Å². The van der Waals surface area contributed by atoms with Crippen molar-refractivity contribution in [3.8, 4) is 0 Å². The Hall–Kier alpha value is -2.14. The van der Waals surface area contributed by atoms with E-state index < -0.39 is 0 Å². The highest BCUT2D eigenvalue weighted by Gasteiger charge is 2.06. The number of rotatable bonds is 3. The lowest BCUT2D eigenvalue weighted by atomic mass is 10.1. The van der Waals surface area contributed by atoms with E-state index in [1.165, 1.54) is 0 Å². The maximum Gasteiger partial charge on any atom is 0.0752 e. The van der Waals surface area contributed by atoms with E-state index in [-0.39, 0.29) is 0 Å². The first-order chi connectivity index (χ1) is 9.75. The van der Waals surface area contributed by atoms with Crippen LogP contribution in [0.25, 0.3) is 10.9 Å². The number of nitrogens with two attached hydrogens (primary N) is 1. The molecule has 3 rings (SSSR count). The summed E-state index contributed by atoms with van der Waals surface area (Å²) >= 11 is 3.45. The number of fused-ring (bicyclic) bond motifs is 1. The molecule has 0 aliphatic carbocycles. The number of benzene rings is 1. The molecule has 4 nitrogen and oxygen atoms in total. The number of aromatic nitrogens is 2. The van der Waals surface area contributed by atoms with E-state index in [1.54, 1.807) is 12.4 Å². The van der Waals surface area contributed by atoms with Gasteiger partial charge in [0, 0.05) is 24.3 Å². The molecular formula is C15H13BrN4. The van der Waals surface area contributed by atoms with E-state index >= 15 is 0 Å². The van der Waals surface area contributed by atoms with E-state index in [9.17, 15) is 0 Å². The third-order valence-corrected chi connectivity index (χ3v) is 3.70. The molecule has 0 fully saturated rings. The number of pyridine rings is 2. The van der Waals surface area contributed by atoms with Crippen LogP contribution in [0.15, 0.2) is 53.4 Å². The van der Waals surface area contributed by atoms with E-state index in [2.05, 4.69) is 49.4 Å². The van der Waals surface area contributed by atoms with Crippen LogP contribution in [0.3, 0.4) is 0 Å². The second-order valence-corrected chi connectivity index (χ2v) is 5.29. The number of nitrogens with zero attached hydrogens (tertiary/aromatic N) is 2. The lowest BCUT2D eigenvalue weighted by molar-refractivity contribution is 1.14. The van der Waals surface area contributed by atoms with Crippen LogP contribution in [0, 0.1) is 0 Å². The van der Waals surface area contributed by atoms with Gasteiger partial charge >= 0.3 is 0 Å². The summed E-state index contributed by atoms with van der Waals surface area (Å²) in [5, 5.41) is 4.47. The van der Waals surface area contributed by atoms with Crippen LogP contribution in [0.1, 0.15) is 5.56 Å². The summed E-state index contributed by atoms with van der Waals surface area (Å²) in [5.41, 5.74) is 9.54. The number of hydrogen-bond donors (Lipinski definition) is 2. The van der Waals surface area contributed by atoms with Gasteiger partial charge in [-0.2, -0.15) is 0 Å². The van der Waals surface area contributed by atoms with Crippen molar-refractivity contribution in [2.75, 3.05) is 11.1 Å². The maximum atomic E-state index is 5.93. The van der Waals surface area contributed by atoms with Gasteiger partial charge in [0.05, 0.1) is 27.6 Å². The standard InChI is InChI=1S/C15H13BrN4/c16-12-8-18-9-13(17)15(12)20-7-11-4-1-3-10-5-2-6-19-14(10)11/h1-6,8-9H,7,17H2,(H,18,20). The molecule has 0 atom stereocenters. The van der Waals surface area contributed by atoms with Gasteiger partial charge in [0.25, 0.3) is 0 Å². The van der Waals surface area contributed by atoms with Gasteiger partial charge in [0.15, 0.2) is 0 Å². The molecule has 2 aromatic heterocycles. The van der Waals surface area contributed by atoms with E-state index in [1.807, 2.05) is 18.3 Å². The van der Waals surface area contributed by atoms with Crippen molar-refractivity contribution in [2.45, 2.75) is 6.54 Å². The van der Waals surface area contributed by atoms with Gasteiger partial charge in [0.2, 0.25) is 0 Å². The van der Waals surface area contributed by atoms with Crippen LogP contribution in [-0.4, -0.2) is 9.97 Å². The molecule has 0 aliphatic heterocycles. The molecule has 2 heterocycles. The summed E-state index contributed by atoms with van der Waals surface area (Å²) in [6.45, 7) is 0.654. The molecule has 100 valence electrons. The summed E-state index contributed by atoms with van der Waals surface area (Å²) in [4.78, 5) is 8.47. The van der Waals surface area contributed by atoms with E-state index in [0.717, 1.165) is 26.6 Å². The predicted octanol–water partition coefficient (Wildman–Crippen LogP) is 3.59. The SMILES string of the molecule is Nc1cncc(Br)c1NCc1cccc2cccnc12. The molecule has 0 bridgehead atoms. The monoisotopic (exact) mass is 328 g/mol. The number of anilines is 2. The zero-order chi connectivity index (χ0) is 13.9. The first-order valence-corrected chi connectivity index (χ1v) is 7.00. The largest absolute Gasteiger partial charge is 0.396 e. The number of halogens is 1. The van der Waals surface area contributed by atoms with Gasteiger partial charge in [-0.3, -0.25) is 9.97 Å². The summed E-state index contributed by atoms with van der Waals surface area (Å²) in [7, 11) is 0. The number of para-hydroxylation sites is 1. The van der Waals surface area contributed by atoms with Crippen LogP contribution in [-0.2, 0) is 6.54 Å². The molecule has 0 radical (unpaired) electrons. The molecule has 20 heavy (non-hydrogen) atoms. The zero-order valence-electron chi connectivity index (χ0n) is 10.7. The summed E-state index contributed by atoms with van der Waals surface area (Å²) < 4.78 is 0.852. The second kappa shape index (κ2) is 5.46. The Kier molecular flexibility index (Phi) is 3.52. The molecular weight excluding hydrogens is 316 g/mol. The van der Waals surface area contributed by atoms with Crippen LogP contribution < -0.4 is 11.1 Å². The molecule has 0 unspecified atom stereocenters. The van der Waals surface area contributed by atoms with Crippen molar-refractivity contribution in [1.29, 1.82) is 0 Å². The Morgan fingerprint density at radius 1 is 1.15 bits per heavy atom. The Labute approximate surface area is 125 Å². The molecule has 3 N–H and O–H groups in total. The van der Waals surface area contributed by atoms with E-state index in [4.69, 9.17) is 5.73 Å². The normalized spacial score (nSPS) is 10.7. The number of nitrogen functional groups attached to an aromatic ring is 1. The Morgan fingerprint density at radius 3 is 2.85 bits per heavy atom. The third kappa shape index (κ3) is 2.44.